The van der Waals surface area contributed by atoms with Crippen molar-refractivity contribution >= 4 is 6.03 Å². The molecule has 2 amide bonds. The molecule has 0 aliphatic carbocycles. The number of rotatable bonds is 4. The summed E-state index contributed by atoms with van der Waals surface area (Å²) in [6.45, 7) is 10.9. The summed E-state index contributed by atoms with van der Waals surface area (Å²) in [5, 5.41) is 4.57. The topological polar surface area (TPSA) is 59.4 Å². The first-order valence-corrected chi connectivity index (χ1v) is 8.84. The Morgan fingerprint density at radius 3 is 2.81 bits per heavy atom. The zero-order valence-corrected chi connectivity index (χ0v) is 15.6. The first kappa shape index (κ1) is 18.2. The molecule has 0 saturated heterocycles. The molecule has 138 valence electrons. The van der Waals surface area contributed by atoms with Crippen molar-refractivity contribution in [3.8, 4) is 5.69 Å². The van der Waals surface area contributed by atoms with E-state index in [2.05, 4.69) is 31.0 Å². The number of para-hydroxylation sites is 1. The second kappa shape index (κ2) is 7.33. The van der Waals surface area contributed by atoms with Crippen molar-refractivity contribution < 1.29 is 9.63 Å². The molecule has 1 unspecified atom stereocenters. The molecule has 0 bridgehead atoms. The molecule has 6 nitrogen and oxygen atoms in total. The summed E-state index contributed by atoms with van der Waals surface area (Å²) in [6, 6.07) is 9.84. The molecule has 1 aromatic heterocycles. The van der Waals surface area contributed by atoms with E-state index in [0.29, 0.717) is 13.1 Å². The lowest BCUT2D eigenvalue weighted by molar-refractivity contribution is 0.0172. The van der Waals surface area contributed by atoms with Crippen LogP contribution in [0.15, 0.2) is 49.2 Å². The molecular weight excluding hydrogens is 328 g/mol. The number of amides is 2. The normalized spacial score (nSPS) is 17.1. The standard InChI is InChI=1S/C20H26N4O2/c1-5-15(2)26-22-19(25)23-13-16-12-21-24(17-9-7-6-8-10-17)18(16)11-20(3,4)14-23/h5-10,12,15H,1,11,13-14H2,2-4H3,(H,22,25). The maximum atomic E-state index is 12.6. The fourth-order valence-electron chi connectivity index (χ4n) is 3.21. The molecule has 3 rings (SSSR count). The Kier molecular flexibility index (Phi) is 5.13. The summed E-state index contributed by atoms with van der Waals surface area (Å²) in [6.07, 6.45) is 4.09. The van der Waals surface area contributed by atoms with E-state index in [1.54, 1.807) is 11.0 Å². The van der Waals surface area contributed by atoms with E-state index in [0.717, 1.165) is 23.4 Å². The zero-order valence-electron chi connectivity index (χ0n) is 15.6. The summed E-state index contributed by atoms with van der Waals surface area (Å²) in [5.74, 6) is 0. The molecule has 1 atom stereocenters. The van der Waals surface area contributed by atoms with E-state index in [1.807, 2.05) is 48.1 Å². The van der Waals surface area contributed by atoms with Crippen LogP contribution in [0, 0.1) is 5.41 Å². The molecule has 26 heavy (non-hydrogen) atoms. The first-order chi connectivity index (χ1) is 12.4. The molecular formula is C20H26N4O2. The van der Waals surface area contributed by atoms with Gasteiger partial charge in [-0.3, -0.25) is 4.84 Å². The highest BCUT2D eigenvalue weighted by Gasteiger charge is 2.32. The van der Waals surface area contributed by atoms with Gasteiger partial charge in [0.05, 0.1) is 18.4 Å². The van der Waals surface area contributed by atoms with Crippen LogP contribution in [0.5, 0.6) is 0 Å². The number of carbonyl (C=O) groups is 1. The summed E-state index contributed by atoms with van der Waals surface area (Å²) >= 11 is 0. The number of urea groups is 1. The van der Waals surface area contributed by atoms with Crippen LogP contribution in [0.3, 0.4) is 0 Å². The van der Waals surface area contributed by atoms with E-state index in [9.17, 15) is 4.79 Å². The van der Waals surface area contributed by atoms with Gasteiger partial charge in [0.2, 0.25) is 0 Å². The Labute approximate surface area is 154 Å². The van der Waals surface area contributed by atoms with Crippen LogP contribution in [-0.4, -0.2) is 33.4 Å². The van der Waals surface area contributed by atoms with Crippen molar-refractivity contribution in [1.82, 2.24) is 20.2 Å². The molecule has 6 heteroatoms. The highest BCUT2D eigenvalue weighted by atomic mass is 16.7. The zero-order chi connectivity index (χ0) is 18.7. The van der Waals surface area contributed by atoms with E-state index < -0.39 is 0 Å². The maximum absolute atomic E-state index is 12.6. The number of nitrogens with zero attached hydrogens (tertiary/aromatic N) is 3. The summed E-state index contributed by atoms with van der Waals surface area (Å²) < 4.78 is 1.98. The molecule has 2 heterocycles. The second-order valence-electron chi connectivity index (χ2n) is 7.53. The molecule has 0 radical (unpaired) electrons. The first-order valence-electron chi connectivity index (χ1n) is 8.84. The van der Waals surface area contributed by atoms with Crippen molar-refractivity contribution in [3.05, 3.63) is 60.4 Å². The second-order valence-corrected chi connectivity index (χ2v) is 7.53. The van der Waals surface area contributed by atoms with Crippen LogP contribution in [0.1, 0.15) is 32.0 Å². The number of hydrogen-bond acceptors (Lipinski definition) is 3. The van der Waals surface area contributed by atoms with E-state index in [1.165, 1.54) is 0 Å². The van der Waals surface area contributed by atoms with Crippen LogP contribution in [0.2, 0.25) is 0 Å². The largest absolute Gasteiger partial charge is 0.341 e. The van der Waals surface area contributed by atoms with Crippen molar-refractivity contribution in [2.45, 2.75) is 39.8 Å². The van der Waals surface area contributed by atoms with Gasteiger partial charge in [0.25, 0.3) is 0 Å². The Balaban J connectivity index is 1.85. The molecule has 0 fully saturated rings. The van der Waals surface area contributed by atoms with Gasteiger partial charge < -0.3 is 4.90 Å². The van der Waals surface area contributed by atoms with Crippen LogP contribution in [-0.2, 0) is 17.8 Å². The minimum atomic E-state index is -0.243. The minimum absolute atomic E-state index is 0.0841. The van der Waals surface area contributed by atoms with Gasteiger partial charge in [-0.25, -0.2) is 15.0 Å². The monoisotopic (exact) mass is 354 g/mol. The maximum Gasteiger partial charge on any atom is 0.341 e. The Morgan fingerprint density at radius 2 is 2.12 bits per heavy atom. The fraction of sp³-hybridized carbons (Fsp3) is 0.400. The third-order valence-electron chi connectivity index (χ3n) is 4.53. The quantitative estimate of drug-likeness (QED) is 0.675. The molecule has 1 aliphatic heterocycles. The lowest BCUT2D eigenvalue weighted by Gasteiger charge is -2.29. The van der Waals surface area contributed by atoms with Crippen LogP contribution >= 0.6 is 0 Å². The number of hydrogen-bond donors (Lipinski definition) is 1. The number of aromatic nitrogens is 2. The predicted molar refractivity (Wildman–Crippen MR) is 101 cm³/mol. The van der Waals surface area contributed by atoms with Gasteiger partial charge in [-0.15, -0.1) is 6.58 Å². The number of nitrogens with one attached hydrogen (secondary N) is 1. The highest BCUT2D eigenvalue weighted by molar-refractivity contribution is 5.73. The Bertz CT molecular complexity index is 782. The number of carbonyl (C=O) groups excluding carboxylic acids is 1. The number of fused-ring (bicyclic) bond motifs is 1. The molecule has 0 saturated carbocycles. The van der Waals surface area contributed by atoms with Gasteiger partial charge in [-0.1, -0.05) is 38.1 Å². The SMILES string of the molecule is C=CC(C)ONC(=O)N1Cc2cnn(-c3ccccc3)c2CC(C)(C)C1. The third kappa shape index (κ3) is 3.96. The van der Waals surface area contributed by atoms with Crippen molar-refractivity contribution in [2.75, 3.05) is 6.54 Å². The smallest absolute Gasteiger partial charge is 0.318 e. The van der Waals surface area contributed by atoms with Gasteiger partial charge >= 0.3 is 6.03 Å². The van der Waals surface area contributed by atoms with Gasteiger partial charge in [0.1, 0.15) is 6.10 Å². The summed E-state index contributed by atoms with van der Waals surface area (Å²) in [4.78, 5) is 19.6. The predicted octanol–water partition coefficient (Wildman–Crippen LogP) is 3.47. The molecule has 1 aliphatic rings. The van der Waals surface area contributed by atoms with Crippen molar-refractivity contribution in [3.63, 3.8) is 0 Å². The average Bonchev–Trinajstić information content (AvgIpc) is 2.94. The van der Waals surface area contributed by atoms with E-state index in [4.69, 9.17) is 4.84 Å². The van der Waals surface area contributed by atoms with Gasteiger partial charge in [0.15, 0.2) is 0 Å². The van der Waals surface area contributed by atoms with Gasteiger partial charge in [-0.05, 0) is 30.9 Å². The fourth-order valence-corrected chi connectivity index (χ4v) is 3.21. The van der Waals surface area contributed by atoms with E-state index in [-0.39, 0.29) is 17.6 Å². The summed E-state index contributed by atoms with van der Waals surface area (Å²) in [5.41, 5.74) is 5.69. The number of hydroxylamine groups is 1. The minimum Gasteiger partial charge on any atom is -0.318 e. The Hall–Kier alpha value is -2.60. The lowest BCUT2D eigenvalue weighted by Crippen LogP contribution is -2.44. The van der Waals surface area contributed by atoms with Crippen LogP contribution in [0.25, 0.3) is 5.69 Å². The van der Waals surface area contributed by atoms with E-state index >= 15 is 0 Å². The van der Waals surface area contributed by atoms with Crippen molar-refractivity contribution in [1.29, 1.82) is 0 Å². The van der Waals surface area contributed by atoms with Crippen molar-refractivity contribution in [2.24, 2.45) is 5.41 Å². The number of benzene rings is 1. The highest BCUT2D eigenvalue weighted by Crippen LogP contribution is 2.31. The molecule has 0 spiro atoms. The molecule has 1 aromatic carbocycles. The van der Waals surface area contributed by atoms with Crippen LogP contribution < -0.4 is 5.48 Å². The molecule has 2 aromatic rings. The lowest BCUT2D eigenvalue weighted by atomic mass is 9.87. The molecule has 1 N–H and O–H groups in total. The Morgan fingerprint density at radius 1 is 1.38 bits per heavy atom. The average molecular weight is 354 g/mol. The van der Waals surface area contributed by atoms with Crippen LogP contribution in [0.4, 0.5) is 4.79 Å². The van der Waals surface area contributed by atoms with Gasteiger partial charge in [-0.2, -0.15) is 5.10 Å². The van der Waals surface area contributed by atoms with Gasteiger partial charge in [0, 0.05) is 17.8 Å². The summed E-state index contributed by atoms with van der Waals surface area (Å²) in [7, 11) is 0. The third-order valence-corrected chi connectivity index (χ3v) is 4.53.